The number of unbranched alkanes of at least 4 members (excludes halogenated alkanes) is 3. The van der Waals surface area contributed by atoms with Gasteiger partial charge in [-0.3, -0.25) is 19.1 Å². The Morgan fingerprint density at radius 3 is 2.56 bits per heavy atom. The number of allylic oxidation sites excluding steroid dienone is 1. The quantitative estimate of drug-likeness (QED) is 0.0960. The summed E-state index contributed by atoms with van der Waals surface area (Å²) in [5.74, 6) is -0.981. The van der Waals surface area contributed by atoms with Crippen molar-refractivity contribution < 1.29 is 65.9 Å². The van der Waals surface area contributed by atoms with E-state index in [1.165, 1.54) is 22.5 Å². The van der Waals surface area contributed by atoms with Crippen molar-refractivity contribution >= 4 is 69.8 Å². The second-order valence-electron chi connectivity index (χ2n) is 14.7. The smallest absolute Gasteiger partial charge is 0.408 e. The van der Waals surface area contributed by atoms with Crippen molar-refractivity contribution in [2.75, 3.05) is 6.54 Å². The molecule has 2 aliphatic heterocycles. The van der Waals surface area contributed by atoms with Gasteiger partial charge in [0.15, 0.2) is 11.0 Å². The zero-order valence-corrected chi connectivity index (χ0v) is 37.3. The van der Waals surface area contributed by atoms with Crippen LogP contribution >= 0.6 is 34.5 Å². The van der Waals surface area contributed by atoms with Gasteiger partial charge in [0.25, 0.3) is 5.91 Å². The molecule has 3 heterocycles. The maximum atomic E-state index is 13.2. The number of likely N-dealkylation sites (tertiary alicyclic amines) is 1. The molecule has 4 amide bonds. The van der Waals surface area contributed by atoms with Crippen LogP contribution in [-0.4, -0.2) is 74.4 Å². The standard InChI is InChI=1S/C29H43ClN4O7S2.C8H7ClN.Y/c1-18-13-21(36)16-34(18)25(37)22(32-27(39)41-28(3,4)5)12-10-8-6-7-9-11-20-15-29(20,31-17-35)26(38)33-43(40)23-14-19(2)42-24(23)30;9-8-3-1-2-6-4-10-5-7(6)8;/h9,11,14,17-18,20-22,36H,6-8,10,12-13,15-16H2,1-5H3,(H,31,35)(H,32,39)(H,33,38);1-3H,4-5H2;/q;-1;/b11-9-;;. The van der Waals surface area contributed by atoms with Gasteiger partial charge in [-0.1, -0.05) is 65.9 Å². The summed E-state index contributed by atoms with van der Waals surface area (Å²) in [5, 5.41) is 20.4. The molecule has 54 heavy (non-hydrogen) atoms. The number of aryl methyl sites for hydroxylation is 1. The molecule has 5 rings (SSSR count). The number of rotatable bonds is 14. The van der Waals surface area contributed by atoms with Crippen LogP contribution < -0.4 is 15.4 Å². The summed E-state index contributed by atoms with van der Waals surface area (Å²) in [6, 6.07) is 6.77. The number of carbonyl (C=O) groups excluding carboxylic acids is 4. The molecule has 12 nitrogen and oxygen atoms in total. The summed E-state index contributed by atoms with van der Waals surface area (Å²) < 4.78 is 20.8. The molecule has 1 saturated heterocycles. The third-order valence-electron chi connectivity index (χ3n) is 9.22. The maximum Gasteiger partial charge on any atom is 0.408 e. The summed E-state index contributed by atoms with van der Waals surface area (Å²) >= 11 is 13.3. The van der Waals surface area contributed by atoms with Gasteiger partial charge in [0.1, 0.15) is 21.5 Å². The van der Waals surface area contributed by atoms with Crippen molar-refractivity contribution in [3.63, 3.8) is 0 Å². The number of nitrogens with zero attached hydrogens (tertiary/aromatic N) is 2. The molecule has 295 valence electrons. The Morgan fingerprint density at radius 2 is 1.94 bits per heavy atom. The average molecular weight is 901 g/mol. The minimum absolute atomic E-state index is 0. The fourth-order valence-electron chi connectivity index (χ4n) is 6.42. The van der Waals surface area contributed by atoms with E-state index in [9.17, 15) is 28.5 Å². The van der Waals surface area contributed by atoms with Crippen molar-refractivity contribution in [1.82, 2.24) is 20.3 Å². The topological polar surface area (TPSA) is 168 Å². The third-order valence-corrected chi connectivity index (χ3v) is 12.2. The number of β-amino-alcohol motifs (C(OH)–C–C–N with tert-alkyl or cyclic N) is 1. The van der Waals surface area contributed by atoms with E-state index in [4.69, 9.17) is 27.9 Å². The van der Waals surface area contributed by atoms with Crippen LogP contribution in [0.4, 0.5) is 4.79 Å². The van der Waals surface area contributed by atoms with Gasteiger partial charge in [-0.2, -0.15) is 0 Å². The van der Waals surface area contributed by atoms with Gasteiger partial charge in [-0.15, -0.1) is 24.4 Å². The Labute approximate surface area is 359 Å². The molecule has 2 fully saturated rings. The van der Waals surface area contributed by atoms with Crippen LogP contribution in [0.15, 0.2) is 41.3 Å². The van der Waals surface area contributed by atoms with E-state index >= 15 is 0 Å². The van der Waals surface area contributed by atoms with Crippen molar-refractivity contribution in [3.8, 4) is 0 Å². The Morgan fingerprint density at radius 1 is 1.20 bits per heavy atom. The molecule has 1 aliphatic carbocycles. The first-order valence-corrected chi connectivity index (χ1v) is 20.5. The molecule has 3 aliphatic rings. The fraction of sp³-hybridized carbons (Fsp3) is 0.568. The molecule has 4 N–H and O–H groups in total. The van der Waals surface area contributed by atoms with Crippen molar-refractivity contribution in [3.05, 3.63) is 67.1 Å². The molecule has 6 atom stereocenters. The number of thiophene rings is 1. The van der Waals surface area contributed by atoms with Gasteiger partial charge in [0.05, 0.1) is 11.0 Å². The molecule has 1 saturated carbocycles. The van der Waals surface area contributed by atoms with Crippen LogP contribution in [-0.2, 0) is 75.9 Å². The zero-order chi connectivity index (χ0) is 38.9. The predicted molar refractivity (Wildman–Crippen MR) is 208 cm³/mol. The summed E-state index contributed by atoms with van der Waals surface area (Å²) in [6.07, 6.45) is 7.44. The van der Waals surface area contributed by atoms with Crippen molar-refractivity contribution in [2.45, 2.75) is 127 Å². The molecule has 17 heteroatoms. The van der Waals surface area contributed by atoms with E-state index in [-0.39, 0.29) is 57.1 Å². The van der Waals surface area contributed by atoms with Crippen molar-refractivity contribution in [1.29, 1.82) is 0 Å². The largest absolute Gasteiger partial charge is 0.655 e. The number of hydrogen-bond donors (Lipinski definition) is 4. The number of aliphatic hydroxyl groups is 1. The third kappa shape index (κ3) is 13.1. The Bertz CT molecular complexity index is 1690. The van der Waals surface area contributed by atoms with Crippen LogP contribution in [0.3, 0.4) is 0 Å². The van der Waals surface area contributed by atoms with Crippen LogP contribution in [0.1, 0.15) is 88.6 Å². The minimum atomic E-state index is -1.84. The summed E-state index contributed by atoms with van der Waals surface area (Å²) in [7, 11) is -1.84. The summed E-state index contributed by atoms with van der Waals surface area (Å²) in [6.45, 7) is 10.9. The van der Waals surface area contributed by atoms with E-state index in [0.717, 1.165) is 42.3 Å². The van der Waals surface area contributed by atoms with Crippen LogP contribution in [0, 0.1) is 12.8 Å². The Kier molecular flexibility index (Phi) is 18.1. The number of benzene rings is 1. The normalized spacial score (nSPS) is 22.6. The number of aliphatic hydroxyl groups excluding tert-OH is 1. The molecule has 2 aromatic rings. The van der Waals surface area contributed by atoms with Gasteiger partial charge < -0.3 is 30.7 Å². The van der Waals surface area contributed by atoms with Crippen LogP contribution in [0.25, 0.3) is 5.32 Å². The molecule has 1 aromatic carbocycles. The number of carbonyl (C=O) groups is 4. The monoisotopic (exact) mass is 899 g/mol. The second kappa shape index (κ2) is 21.0. The van der Waals surface area contributed by atoms with Crippen LogP contribution in [0.5, 0.6) is 0 Å². The first-order chi connectivity index (χ1) is 25.0. The van der Waals surface area contributed by atoms with E-state index in [1.807, 2.05) is 38.1 Å². The number of alkyl carbamates (subject to hydrolysis) is 1. The summed E-state index contributed by atoms with van der Waals surface area (Å²) in [4.78, 5) is 52.7. The first kappa shape index (κ1) is 46.5. The van der Waals surface area contributed by atoms with Gasteiger partial charge in [0.2, 0.25) is 12.3 Å². The zero-order valence-electron chi connectivity index (χ0n) is 31.4. The number of halogens is 2. The van der Waals surface area contributed by atoms with Gasteiger partial charge in [-0.05, 0) is 84.4 Å². The Hall–Kier alpha value is -1.91. The molecular weight excluding hydrogens is 850 g/mol. The SMILES string of the molecule is Cc1cc(S(=O)NC(=O)C2(NC=O)CC2/C=C\CCCCCC(NC(=O)OC(C)(C)C)C(=O)N2CC(O)CC2C)c(Cl)s1.Clc1cccc2c1C[N-]C2.[Y]. The summed E-state index contributed by atoms with van der Waals surface area (Å²) in [5.41, 5.74) is 0.652. The van der Waals surface area contributed by atoms with Gasteiger partial charge >= 0.3 is 6.09 Å². The van der Waals surface area contributed by atoms with E-state index in [0.29, 0.717) is 41.3 Å². The molecular formula is C37H50Cl2N5O7S2Y-. The van der Waals surface area contributed by atoms with E-state index in [1.54, 1.807) is 31.7 Å². The Balaban J connectivity index is 0.000000608. The fourth-order valence-corrected chi connectivity index (χ4v) is 9.24. The van der Waals surface area contributed by atoms with Crippen LogP contribution in [0.2, 0.25) is 9.36 Å². The first-order valence-electron chi connectivity index (χ1n) is 17.8. The number of hydrogen-bond acceptors (Lipinski definition) is 8. The number of amides is 4. The minimum Gasteiger partial charge on any atom is -0.655 e. The maximum absolute atomic E-state index is 13.2. The molecule has 6 unspecified atom stereocenters. The number of ether oxygens (including phenoxy) is 1. The molecule has 0 bridgehead atoms. The molecule has 1 aromatic heterocycles. The predicted octanol–water partition coefficient (Wildman–Crippen LogP) is 6.46. The van der Waals surface area contributed by atoms with Gasteiger partial charge in [-0.25, -0.2) is 9.00 Å². The molecule has 1 radical (unpaired) electrons. The van der Waals surface area contributed by atoms with Gasteiger partial charge in [0, 0.05) is 61.1 Å². The average Bonchev–Trinajstić information content (AvgIpc) is 3.34. The second-order valence-corrected chi connectivity index (χ2v) is 18.1. The molecule has 0 spiro atoms. The van der Waals surface area contributed by atoms with E-state index in [2.05, 4.69) is 26.7 Å². The van der Waals surface area contributed by atoms with E-state index < -0.39 is 46.3 Å². The van der Waals surface area contributed by atoms with Crippen molar-refractivity contribution in [2.24, 2.45) is 5.92 Å². The number of fused-ring (bicyclic) bond motifs is 1. The number of nitrogens with one attached hydrogen (secondary N) is 3.